The third-order valence-electron chi connectivity index (χ3n) is 2.97. The number of aromatic amines is 2. The number of aromatic nitrogens is 2. The van der Waals surface area contributed by atoms with Crippen LogP contribution in [0.2, 0.25) is 0 Å². The van der Waals surface area contributed by atoms with Crippen LogP contribution in [0.1, 0.15) is 0 Å². The van der Waals surface area contributed by atoms with Gasteiger partial charge in [-0.1, -0.05) is 0 Å². The zero-order valence-corrected chi connectivity index (χ0v) is 19.6. The van der Waals surface area contributed by atoms with E-state index in [9.17, 15) is 0 Å². The number of thiazole rings is 2. The number of hydrogen-bond acceptors (Lipinski definition) is 4. The molecule has 0 saturated carbocycles. The van der Waals surface area contributed by atoms with Crippen molar-refractivity contribution in [2.24, 2.45) is 0 Å². The zero-order valence-electron chi connectivity index (χ0n) is 12.6. The van der Waals surface area contributed by atoms with Crippen LogP contribution in [0.3, 0.4) is 0 Å². The van der Waals surface area contributed by atoms with Crippen LogP contribution in [0, 0.1) is 7.91 Å². The molecule has 0 aliphatic carbocycles. The predicted molar refractivity (Wildman–Crippen MR) is 111 cm³/mol. The predicted octanol–water partition coefficient (Wildman–Crippen LogP) is 5.04. The summed E-state index contributed by atoms with van der Waals surface area (Å²) in [6, 6.07) is 12.0. The fraction of sp³-hybridized carbons (Fsp3) is 0. The fourth-order valence-corrected chi connectivity index (χ4v) is 4.34. The molecule has 2 aromatic carbocycles. The molecule has 25 heavy (non-hydrogen) atoms. The second kappa shape index (κ2) is 10.3. The maximum absolute atomic E-state index is 5.00. The van der Waals surface area contributed by atoms with Crippen molar-refractivity contribution in [3.05, 3.63) is 44.3 Å². The average Bonchev–Trinajstić information content (AvgIpc) is 3.08. The van der Waals surface area contributed by atoms with Gasteiger partial charge in [0.2, 0.25) is 0 Å². The number of benzene rings is 2. The molecule has 0 aliphatic heterocycles. The monoisotopic (exact) mass is 631 g/mol. The number of nitrogens with one attached hydrogen (secondary N) is 2. The molecule has 8 N–H and O–H groups in total. The number of halogens is 2. The van der Waals surface area contributed by atoms with Crippen molar-refractivity contribution in [1.29, 1.82) is 0 Å². The first kappa shape index (κ1) is 21.2. The third kappa shape index (κ3) is 6.50. The van der Waals surface area contributed by atoms with Gasteiger partial charge in [-0.3, -0.25) is 0 Å². The van der Waals surface area contributed by atoms with Gasteiger partial charge in [-0.25, -0.2) is 0 Å². The van der Waals surface area contributed by atoms with Crippen LogP contribution >= 0.6 is 65.9 Å². The molecule has 0 radical (unpaired) electrons. The topological polar surface area (TPSA) is 86.9 Å². The van der Waals surface area contributed by atoms with Crippen molar-refractivity contribution in [2.75, 3.05) is 0 Å². The first-order chi connectivity index (χ1) is 11.9. The van der Waals surface area contributed by atoms with Gasteiger partial charge >= 0.3 is 35.3 Å². The van der Waals surface area contributed by atoms with Crippen molar-refractivity contribution < 1.29 is 27.9 Å². The second-order valence-electron chi connectivity index (χ2n) is 4.74. The molecule has 0 atom stereocenters. The summed E-state index contributed by atoms with van der Waals surface area (Å²) in [7, 11) is 9.75. The molecule has 2 heterocycles. The van der Waals surface area contributed by atoms with Crippen molar-refractivity contribution in [2.45, 2.75) is 0 Å². The Labute approximate surface area is 178 Å². The smallest absolute Gasteiger partial charge is 0.159 e. The van der Waals surface area contributed by atoms with Crippen LogP contribution in [0.15, 0.2) is 36.4 Å². The van der Waals surface area contributed by atoms with E-state index in [1.165, 1.54) is 9.40 Å². The molecular weight excluding hydrogens is 618 g/mol. The summed E-state index contributed by atoms with van der Waals surface area (Å²) in [5, 5.41) is 0. The van der Waals surface area contributed by atoms with E-state index >= 15 is 0 Å². The molecule has 2 aromatic heterocycles. The van der Waals surface area contributed by atoms with Crippen LogP contribution in [-0.4, -0.2) is 9.97 Å². The van der Waals surface area contributed by atoms with Crippen LogP contribution in [0.25, 0.3) is 20.4 Å². The zero-order chi connectivity index (χ0) is 18.4. The third-order valence-corrected chi connectivity index (χ3v) is 5.37. The molecule has 0 fully saturated rings. The largest absolute Gasteiger partial charge is 0.337 e. The molecule has 0 spiro atoms. The van der Waals surface area contributed by atoms with Gasteiger partial charge < -0.3 is 21.4 Å². The number of hydrogen-bond donors (Lipinski definition) is 4. The summed E-state index contributed by atoms with van der Waals surface area (Å²) in [5.74, 6) is 0. The van der Waals surface area contributed by atoms with E-state index in [1.807, 2.05) is 36.4 Å². The number of rotatable bonds is 0. The van der Waals surface area contributed by atoms with Crippen molar-refractivity contribution in [3.63, 3.8) is 0 Å². The molecular formula is C14H14Cl2N4PtS4+2. The van der Waals surface area contributed by atoms with E-state index in [-0.39, 0.29) is 0 Å². The Morgan fingerprint density at radius 2 is 1.16 bits per heavy atom. The Morgan fingerprint density at radius 3 is 1.52 bits per heavy atom. The van der Waals surface area contributed by atoms with Crippen molar-refractivity contribution in [3.8, 4) is 0 Å². The van der Waals surface area contributed by atoms with Gasteiger partial charge in [0.1, 0.15) is 11.4 Å². The van der Waals surface area contributed by atoms with Gasteiger partial charge in [0.05, 0.1) is 20.4 Å². The Bertz CT molecular complexity index is 1000. The summed E-state index contributed by atoms with van der Waals surface area (Å²) >= 11 is 12.7. The van der Waals surface area contributed by atoms with Gasteiger partial charge in [-0.15, -0.1) is 22.7 Å². The molecule has 0 bridgehead atoms. The van der Waals surface area contributed by atoms with Crippen LogP contribution in [0.4, 0.5) is 11.4 Å². The van der Waals surface area contributed by atoms with E-state index < -0.39 is 16.5 Å². The maximum Gasteiger partial charge on any atom is 0.159 e. The van der Waals surface area contributed by atoms with Crippen molar-refractivity contribution in [1.82, 2.24) is 9.97 Å². The summed E-state index contributed by atoms with van der Waals surface area (Å²) in [4.78, 5) is 6.18. The Kier molecular flexibility index (Phi) is 8.67. The molecule has 4 nitrogen and oxygen atoms in total. The minimum absolute atomic E-state index is 0.472. The second-order valence-corrected chi connectivity index (χ2v) is 11.5. The normalized spacial score (nSPS) is 10.2. The molecule has 0 unspecified atom stereocenters. The molecule has 4 aromatic rings. The summed E-state index contributed by atoms with van der Waals surface area (Å²) in [6.07, 6.45) is 0. The first-order valence-corrected chi connectivity index (χ1v) is 14.7. The summed E-state index contributed by atoms with van der Waals surface area (Å²) in [5.41, 5.74) is 11.9. The number of fused-ring (bicyclic) bond motifs is 2. The number of H-pyrrole nitrogens is 2. The SMILES string of the molecule is [Cl][Pt][Cl].[NH3+]c1ccc2[nH]c(=S)sc2c1.[NH3+]c1ccc2[nH]c(=S)sc2c1. The molecule has 4 rings (SSSR count). The van der Waals surface area contributed by atoms with Crippen LogP contribution < -0.4 is 11.5 Å². The van der Waals surface area contributed by atoms with E-state index in [1.54, 1.807) is 22.7 Å². The molecule has 0 amide bonds. The van der Waals surface area contributed by atoms with E-state index in [0.717, 1.165) is 30.3 Å². The Hall–Kier alpha value is -0.152. The van der Waals surface area contributed by atoms with E-state index in [2.05, 4.69) is 21.4 Å². The molecule has 136 valence electrons. The van der Waals surface area contributed by atoms with Crippen molar-refractivity contribution >= 4 is 97.8 Å². The first-order valence-electron chi connectivity index (χ1n) is 6.65. The summed E-state index contributed by atoms with van der Waals surface area (Å²) in [6.45, 7) is 0. The maximum atomic E-state index is 5.00. The number of quaternary nitrogens is 2. The van der Waals surface area contributed by atoms with Gasteiger partial charge in [-0.05, 0) is 36.6 Å². The summed E-state index contributed by atoms with van der Waals surface area (Å²) < 4.78 is 4.02. The van der Waals surface area contributed by atoms with Crippen LogP contribution in [-0.2, 0) is 16.5 Å². The van der Waals surface area contributed by atoms with Gasteiger partial charge in [0, 0.05) is 24.3 Å². The average molecular weight is 633 g/mol. The molecule has 11 heteroatoms. The van der Waals surface area contributed by atoms with Gasteiger partial charge in [-0.2, -0.15) is 0 Å². The fourth-order valence-electron chi connectivity index (χ4n) is 1.98. The van der Waals surface area contributed by atoms with E-state index in [0.29, 0.717) is 0 Å². The van der Waals surface area contributed by atoms with E-state index in [4.69, 9.17) is 43.3 Å². The Morgan fingerprint density at radius 1 is 0.800 bits per heavy atom. The Balaban J connectivity index is 0.000000156. The minimum Gasteiger partial charge on any atom is -0.337 e. The van der Waals surface area contributed by atoms with Gasteiger partial charge in [0.25, 0.3) is 0 Å². The van der Waals surface area contributed by atoms with Gasteiger partial charge in [0.15, 0.2) is 7.91 Å². The quantitative estimate of drug-likeness (QED) is 0.205. The molecule has 0 saturated heterocycles. The minimum atomic E-state index is -0.472. The standard InChI is InChI=1S/2C7H6N2S2.2ClH.Pt/c2*8-4-1-2-5-6(3-4)11-7(10)9-5;;;/h2*1-3H,8H2,(H,9,10);2*1H;/q;;;;+2. The molecule has 0 aliphatic rings. The van der Waals surface area contributed by atoms with Crippen LogP contribution in [0.5, 0.6) is 0 Å².